The highest BCUT2D eigenvalue weighted by atomic mass is 16.1. The molecule has 5 aliphatic carbocycles. The van der Waals surface area contributed by atoms with Gasteiger partial charge in [0.15, 0.2) is 5.78 Å². The SMILES string of the molecule is CC1(C)CC2=C3C=CC4C5(C)CCC(=O)C(C)(C)C5CCC4(C)C3(C)CCC2=CC1=O. The molecule has 5 unspecified atom stereocenters. The third-order valence-electron chi connectivity index (χ3n) is 11.1. The van der Waals surface area contributed by atoms with Crippen molar-refractivity contribution < 1.29 is 9.59 Å². The normalized spacial score (nSPS) is 45.3. The van der Waals surface area contributed by atoms with Gasteiger partial charge >= 0.3 is 0 Å². The molecule has 0 spiro atoms. The summed E-state index contributed by atoms with van der Waals surface area (Å²) in [6.45, 7) is 16.2. The zero-order valence-electron chi connectivity index (χ0n) is 20.7. The molecule has 0 aromatic heterocycles. The summed E-state index contributed by atoms with van der Waals surface area (Å²) in [7, 11) is 0. The lowest BCUT2D eigenvalue weighted by Crippen LogP contribution is -2.62. The van der Waals surface area contributed by atoms with Crippen molar-refractivity contribution in [2.24, 2.45) is 38.9 Å². The first-order valence-electron chi connectivity index (χ1n) is 12.5. The molecule has 0 heterocycles. The van der Waals surface area contributed by atoms with Crippen molar-refractivity contribution in [3.63, 3.8) is 0 Å². The van der Waals surface area contributed by atoms with Gasteiger partial charge in [0, 0.05) is 17.3 Å². The van der Waals surface area contributed by atoms with Crippen LogP contribution in [0.2, 0.25) is 0 Å². The minimum Gasteiger partial charge on any atom is -0.299 e. The third kappa shape index (κ3) is 2.51. The zero-order valence-corrected chi connectivity index (χ0v) is 20.7. The predicted molar refractivity (Wildman–Crippen MR) is 125 cm³/mol. The summed E-state index contributed by atoms with van der Waals surface area (Å²) in [6.07, 6.45) is 14.1. The van der Waals surface area contributed by atoms with Crippen LogP contribution in [-0.2, 0) is 9.59 Å². The number of Topliss-reactive ketones (excluding diaryl/α,β-unsaturated/α-hetero) is 1. The summed E-state index contributed by atoms with van der Waals surface area (Å²) < 4.78 is 0. The largest absolute Gasteiger partial charge is 0.299 e. The summed E-state index contributed by atoms with van der Waals surface area (Å²) in [6, 6.07) is 0. The zero-order chi connectivity index (χ0) is 22.6. The number of carbonyl (C=O) groups is 2. The maximum atomic E-state index is 12.8. The Hall–Kier alpha value is -1.44. The van der Waals surface area contributed by atoms with Gasteiger partial charge in [-0.1, -0.05) is 60.6 Å². The van der Waals surface area contributed by atoms with Gasteiger partial charge < -0.3 is 0 Å². The second-order valence-corrected chi connectivity index (χ2v) is 13.3. The van der Waals surface area contributed by atoms with Crippen molar-refractivity contribution in [2.45, 2.75) is 93.4 Å². The molecule has 0 bridgehead atoms. The Morgan fingerprint density at radius 1 is 0.903 bits per heavy atom. The number of allylic oxidation sites excluding steroid dienone is 6. The van der Waals surface area contributed by atoms with Gasteiger partial charge in [0.05, 0.1) is 0 Å². The fourth-order valence-corrected chi connectivity index (χ4v) is 8.84. The lowest BCUT2D eigenvalue weighted by Gasteiger charge is -2.67. The third-order valence-corrected chi connectivity index (χ3v) is 11.1. The molecule has 5 rings (SSSR count). The minimum absolute atomic E-state index is 0.134. The molecule has 0 radical (unpaired) electrons. The Morgan fingerprint density at radius 3 is 2.32 bits per heavy atom. The van der Waals surface area contributed by atoms with E-state index in [1.165, 1.54) is 23.1 Å². The molecule has 2 nitrogen and oxygen atoms in total. The molecule has 31 heavy (non-hydrogen) atoms. The Balaban J connectivity index is 1.66. The summed E-state index contributed by atoms with van der Waals surface area (Å²) in [5.74, 6) is 1.73. The van der Waals surface area contributed by atoms with Crippen LogP contribution in [-0.4, -0.2) is 11.6 Å². The molecule has 0 aromatic rings. The maximum absolute atomic E-state index is 12.8. The summed E-state index contributed by atoms with van der Waals surface area (Å²) >= 11 is 0. The molecule has 168 valence electrons. The van der Waals surface area contributed by atoms with Crippen LogP contribution in [0.1, 0.15) is 93.4 Å². The second kappa shape index (κ2) is 6.12. The van der Waals surface area contributed by atoms with E-state index in [0.29, 0.717) is 23.4 Å². The highest BCUT2D eigenvalue weighted by Crippen LogP contribution is 2.72. The van der Waals surface area contributed by atoms with E-state index in [1.807, 2.05) is 6.08 Å². The van der Waals surface area contributed by atoms with Crippen molar-refractivity contribution in [1.82, 2.24) is 0 Å². The number of rotatable bonds is 0. The Morgan fingerprint density at radius 2 is 1.61 bits per heavy atom. The second-order valence-electron chi connectivity index (χ2n) is 13.3. The summed E-state index contributed by atoms with van der Waals surface area (Å²) in [4.78, 5) is 25.5. The van der Waals surface area contributed by atoms with Gasteiger partial charge in [-0.2, -0.15) is 0 Å². The van der Waals surface area contributed by atoms with Crippen LogP contribution in [0.3, 0.4) is 0 Å². The molecule has 0 amide bonds. The molecule has 0 saturated heterocycles. The smallest absolute Gasteiger partial charge is 0.161 e. The monoisotopic (exact) mass is 420 g/mol. The molecule has 0 N–H and O–H groups in total. The fraction of sp³-hybridized carbons (Fsp3) is 0.724. The Labute approximate surface area is 188 Å². The van der Waals surface area contributed by atoms with Crippen molar-refractivity contribution in [2.75, 3.05) is 0 Å². The molecule has 0 aliphatic heterocycles. The Kier molecular flexibility index (Phi) is 4.22. The highest BCUT2D eigenvalue weighted by Gasteiger charge is 2.65. The van der Waals surface area contributed by atoms with Gasteiger partial charge in [-0.05, 0) is 89.4 Å². The van der Waals surface area contributed by atoms with Crippen LogP contribution in [0, 0.1) is 38.9 Å². The number of fused-ring (bicyclic) bond motifs is 6. The molecular formula is C29H40O2. The lowest BCUT2D eigenvalue weighted by atomic mass is 9.36. The van der Waals surface area contributed by atoms with Gasteiger partial charge in [0.2, 0.25) is 0 Å². The van der Waals surface area contributed by atoms with E-state index in [-0.39, 0.29) is 27.1 Å². The van der Waals surface area contributed by atoms with Crippen LogP contribution in [0.25, 0.3) is 0 Å². The summed E-state index contributed by atoms with van der Waals surface area (Å²) in [5, 5.41) is 0. The highest BCUT2D eigenvalue weighted by molar-refractivity contribution is 5.97. The number of carbonyl (C=O) groups excluding carboxylic acids is 2. The number of hydrogen-bond donors (Lipinski definition) is 0. The molecule has 2 fully saturated rings. The standard InChI is InChI=1S/C29H40O2/c1-25(2)17-19-18(16-24(25)31)10-14-28(6)20(19)8-9-22-27(5)13-12-23(30)26(3,4)21(27)11-15-29(22,28)7/h8-9,16,21-22H,10-15,17H2,1-7H3. The first kappa shape index (κ1) is 21.4. The van der Waals surface area contributed by atoms with Crippen LogP contribution in [0.15, 0.2) is 34.9 Å². The number of ketones is 2. The van der Waals surface area contributed by atoms with Crippen molar-refractivity contribution >= 4 is 11.6 Å². The molecule has 2 heteroatoms. The van der Waals surface area contributed by atoms with E-state index in [1.54, 1.807) is 0 Å². The van der Waals surface area contributed by atoms with Crippen LogP contribution >= 0.6 is 0 Å². The minimum atomic E-state index is -0.299. The fourth-order valence-electron chi connectivity index (χ4n) is 8.84. The van der Waals surface area contributed by atoms with Crippen LogP contribution in [0.5, 0.6) is 0 Å². The molecule has 2 saturated carbocycles. The van der Waals surface area contributed by atoms with E-state index in [9.17, 15) is 9.59 Å². The van der Waals surface area contributed by atoms with E-state index in [4.69, 9.17) is 0 Å². The van der Waals surface area contributed by atoms with Gasteiger partial charge in [0.1, 0.15) is 5.78 Å². The van der Waals surface area contributed by atoms with Crippen molar-refractivity contribution in [3.05, 3.63) is 34.9 Å². The summed E-state index contributed by atoms with van der Waals surface area (Å²) in [5.41, 5.74) is 4.27. The van der Waals surface area contributed by atoms with E-state index >= 15 is 0 Å². The van der Waals surface area contributed by atoms with Gasteiger partial charge in [-0.3, -0.25) is 9.59 Å². The van der Waals surface area contributed by atoms with Crippen LogP contribution in [0.4, 0.5) is 0 Å². The molecule has 5 aliphatic rings. The van der Waals surface area contributed by atoms with Gasteiger partial charge in [0.25, 0.3) is 0 Å². The lowest BCUT2D eigenvalue weighted by molar-refractivity contribution is -0.165. The van der Waals surface area contributed by atoms with Crippen molar-refractivity contribution in [3.8, 4) is 0 Å². The molecular weight excluding hydrogens is 380 g/mol. The topological polar surface area (TPSA) is 34.1 Å². The quantitative estimate of drug-likeness (QED) is 0.422. The Bertz CT molecular complexity index is 973. The van der Waals surface area contributed by atoms with E-state index in [0.717, 1.165) is 38.5 Å². The average molecular weight is 421 g/mol. The average Bonchev–Trinajstić information content (AvgIpc) is 2.67. The molecule has 0 aromatic carbocycles. The van der Waals surface area contributed by atoms with E-state index < -0.39 is 0 Å². The molecule has 5 atom stereocenters. The first-order chi connectivity index (χ1) is 14.3. The van der Waals surface area contributed by atoms with Gasteiger partial charge in [-0.25, -0.2) is 0 Å². The van der Waals surface area contributed by atoms with E-state index in [2.05, 4.69) is 60.6 Å². The van der Waals surface area contributed by atoms with Gasteiger partial charge in [-0.15, -0.1) is 0 Å². The predicted octanol–water partition coefficient (Wildman–Crippen LogP) is 7.01. The van der Waals surface area contributed by atoms with Crippen LogP contribution < -0.4 is 0 Å². The van der Waals surface area contributed by atoms with Crippen molar-refractivity contribution in [1.29, 1.82) is 0 Å². The maximum Gasteiger partial charge on any atom is 0.161 e. The first-order valence-corrected chi connectivity index (χ1v) is 12.5. The number of hydrogen-bond acceptors (Lipinski definition) is 2.